The Morgan fingerprint density at radius 1 is 1.30 bits per heavy atom. The van der Waals surface area contributed by atoms with Gasteiger partial charge >= 0.3 is 18.0 Å². The first kappa shape index (κ1) is 15.7. The largest absolute Gasteiger partial charge is 0.481 e. The molecule has 0 radical (unpaired) electrons. The zero-order valence-electron chi connectivity index (χ0n) is 10.7. The van der Waals surface area contributed by atoms with Gasteiger partial charge in [0, 0.05) is 13.0 Å². The number of nitrogens with zero attached hydrogens (tertiary/aromatic N) is 1. The second-order valence-corrected chi connectivity index (χ2v) is 4.53. The minimum absolute atomic E-state index is 0.231. The van der Waals surface area contributed by atoms with Crippen LogP contribution < -0.4 is 11.1 Å². The highest BCUT2D eigenvalue weighted by Gasteiger charge is 2.34. The second kappa shape index (κ2) is 6.73. The summed E-state index contributed by atoms with van der Waals surface area (Å²) in [6, 6.07) is -2.78. The number of hydrogen-bond acceptors (Lipinski definition) is 4. The molecule has 3 amide bonds. The third-order valence-corrected chi connectivity index (χ3v) is 3.08. The lowest BCUT2D eigenvalue weighted by atomic mass is 10.1. The number of rotatable bonds is 6. The highest BCUT2D eigenvalue weighted by Crippen LogP contribution is 2.17. The van der Waals surface area contributed by atoms with Gasteiger partial charge in [0.05, 0.1) is 0 Å². The van der Waals surface area contributed by atoms with Crippen LogP contribution in [-0.2, 0) is 14.4 Å². The van der Waals surface area contributed by atoms with Crippen LogP contribution in [0.4, 0.5) is 4.79 Å². The van der Waals surface area contributed by atoms with E-state index in [1.165, 1.54) is 4.90 Å². The molecule has 112 valence electrons. The molecule has 0 aliphatic carbocycles. The number of hydrogen-bond donors (Lipinski definition) is 4. The first-order valence-electron chi connectivity index (χ1n) is 6.14. The molecule has 0 bridgehead atoms. The third kappa shape index (κ3) is 4.11. The molecule has 0 aromatic rings. The van der Waals surface area contributed by atoms with Crippen LogP contribution in [0.3, 0.4) is 0 Å². The van der Waals surface area contributed by atoms with E-state index < -0.39 is 36.0 Å². The number of carboxylic acid groups (broad SMARTS) is 2. The first-order valence-corrected chi connectivity index (χ1v) is 6.14. The molecule has 1 rings (SSSR count). The third-order valence-electron chi connectivity index (χ3n) is 3.08. The first-order chi connectivity index (χ1) is 9.32. The van der Waals surface area contributed by atoms with Crippen molar-refractivity contribution in [3.63, 3.8) is 0 Å². The Morgan fingerprint density at radius 3 is 2.45 bits per heavy atom. The summed E-state index contributed by atoms with van der Waals surface area (Å²) in [6.07, 6.45) is 0.436. The summed E-state index contributed by atoms with van der Waals surface area (Å²) in [5.74, 6) is -3.12. The number of aliphatic carboxylic acids is 2. The van der Waals surface area contributed by atoms with Gasteiger partial charge in [-0.1, -0.05) is 0 Å². The van der Waals surface area contributed by atoms with E-state index in [0.717, 1.165) is 0 Å². The van der Waals surface area contributed by atoms with Crippen molar-refractivity contribution < 1.29 is 29.4 Å². The molecule has 20 heavy (non-hydrogen) atoms. The standard InChI is InChI=1S/C11H17N3O6/c12-9(17)7-2-1-5-14(7)11(20)13-6(10(18)19)3-4-8(15)16/h6-7H,1-5H2,(H2,12,17)(H,13,20)(H,15,16)(H,18,19)/t6-,7?/m0/s1. The number of nitrogens with one attached hydrogen (secondary N) is 1. The monoisotopic (exact) mass is 287 g/mol. The minimum Gasteiger partial charge on any atom is -0.481 e. The van der Waals surface area contributed by atoms with Crippen molar-refractivity contribution in [2.24, 2.45) is 5.73 Å². The van der Waals surface area contributed by atoms with Crippen molar-refractivity contribution in [2.45, 2.75) is 37.8 Å². The second-order valence-electron chi connectivity index (χ2n) is 4.53. The van der Waals surface area contributed by atoms with E-state index >= 15 is 0 Å². The summed E-state index contributed by atoms with van der Waals surface area (Å²) in [6.45, 7) is 0.310. The molecule has 1 aliphatic rings. The highest BCUT2D eigenvalue weighted by molar-refractivity contribution is 5.88. The van der Waals surface area contributed by atoms with Crippen molar-refractivity contribution in [3.8, 4) is 0 Å². The summed E-state index contributed by atoms with van der Waals surface area (Å²) in [7, 11) is 0. The van der Waals surface area contributed by atoms with Crippen LogP contribution in [0, 0.1) is 0 Å². The number of primary amides is 1. The van der Waals surface area contributed by atoms with E-state index in [1.807, 2.05) is 0 Å². The van der Waals surface area contributed by atoms with Crippen LogP contribution in [0.5, 0.6) is 0 Å². The van der Waals surface area contributed by atoms with Gasteiger partial charge in [0.2, 0.25) is 5.91 Å². The number of carbonyl (C=O) groups is 4. The molecule has 1 saturated heterocycles. The van der Waals surface area contributed by atoms with Crippen LogP contribution in [0.2, 0.25) is 0 Å². The lowest BCUT2D eigenvalue weighted by molar-refractivity contribution is -0.140. The Balaban J connectivity index is 2.63. The summed E-state index contributed by atoms with van der Waals surface area (Å²) >= 11 is 0. The van der Waals surface area contributed by atoms with Gasteiger partial charge in [-0.15, -0.1) is 0 Å². The van der Waals surface area contributed by atoms with E-state index in [0.29, 0.717) is 19.4 Å². The zero-order valence-corrected chi connectivity index (χ0v) is 10.7. The zero-order chi connectivity index (χ0) is 15.3. The van der Waals surface area contributed by atoms with Crippen LogP contribution in [-0.4, -0.2) is 57.6 Å². The Hall–Kier alpha value is -2.32. The normalized spacial score (nSPS) is 19.4. The van der Waals surface area contributed by atoms with E-state index in [4.69, 9.17) is 15.9 Å². The number of likely N-dealkylation sites (tertiary alicyclic amines) is 1. The Labute approximate surface area is 114 Å². The lowest BCUT2D eigenvalue weighted by Crippen LogP contribution is -2.52. The number of nitrogens with two attached hydrogens (primary N) is 1. The van der Waals surface area contributed by atoms with Crippen LogP contribution in [0.15, 0.2) is 0 Å². The van der Waals surface area contributed by atoms with E-state index in [2.05, 4.69) is 5.32 Å². The summed E-state index contributed by atoms with van der Waals surface area (Å²) < 4.78 is 0. The molecular formula is C11H17N3O6. The molecule has 9 nitrogen and oxygen atoms in total. The van der Waals surface area contributed by atoms with Crippen LogP contribution in [0.1, 0.15) is 25.7 Å². The highest BCUT2D eigenvalue weighted by atomic mass is 16.4. The molecule has 0 aromatic heterocycles. The Morgan fingerprint density at radius 2 is 1.95 bits per heavy atom. The minimum atomic E-state index is -1.32. The van der Waals surface area contributed by atoms with Gasteiger partial charge in [-0.3, -0.25) is 9.59 Å². The summed E-state index contributed by atoms with van der Waals surface area (Å²) in [5.41, 5.74) is 5.16. The number of carbonyl (C=O) groups excluding carboxylic acids is 2. The van der Waals surface area contributed by atoms with Gasteiger partial charge in [0.1, 0.15) is 12.1 Å². The van der Waals surface area contributed by atoms with Gasteiger partial charge in [-0.25, -0.2) is 9.59 Å². The average molecular weight is 287 g/mol. The molecule has 0 aromatic carbocycles. The SMILES string of the molecule is NC(=O)C1CCCN1C(=O)N[C@@H](CCC(=O)O)C(=O)O. The van der Waals surface area contributed by atoms with Crippen molar-refractivity contribution >= 4 is 23.9 Å². The number of amides is 3. The topological polar surface area (TPSA) is 150 Å². The maximum Gasteiger partial charge on any atom is 0.326 e. The molecule has 2 atom stereocenters. The van der Waals surface area contributed by atoms with Gasteiger partial charge < -0.3 is 26.2 Å². The molecule has 1 fully saturated rings. The van der Waals surface area contributed by atoms with Crippen molar-refractivity contribution in [1.82, 2.24) is 10.2 Å². The number of urea groups is 1. The average Bonchev–Trinajstić information content (AvgIpc) is 2.82. The lowest BCUT2D eigenvalue weighted by Gasteiger charge is -2.24. The predicted octanol–water partition coefficient (Wildman–Crippen LogP) is -1.04. The molecule has 0 saturated carbocycles. The molecule has 1 unspecified atom stereocenters. The summed E-state index contributed by atoms with van der Waals surface area (Å²) in [4.78, 5) is 45.6. The van der Waals surface area contributed by atoms with Gasteiger partial charge in [0.15, 0.2) is 0 Å². The number of carboxylic acids is 2. The van der Waals surface area contributed by atoms with E-state index in [1.54, 1.807) is 0 Å². The van der Waals surface area contributed by atoms with E-state index in [-0.39, 0.29) is 12.8 Å². The molecule has 9 heteroatoms. The molecule has 0 spiro atoms. The van der Waals surface area contributed by atoms with Crippen molar-refractivity contribution in [1.29, 1.82) is 0 Å². The fourth-order valence-electron chi connectivity index (χ4n) is 2.06. The van der Waals surface area contributed by atoms with Gasteiger partial charge in [-0.2, -0.15) is 0 Å². The van der Waals surface area contributed by atoms with E-state index in [9.17, 15) is 19.2 Å². The molecule has 1 aliphatic heterocycles. The Kier molecular flexibility index (Phi) is 5.30. The molecular weight excluding hydrogens is 270 g/mol. The van der Waals surface area contributed by atoms with Crippen LogP contribution >= 0.6 is 0 Å². The molecule has 5 N–H and O–H groups in total. The predicted molar refractivity (Wildman–Crippen MR) is 65.7 cm³/mol. The fraction of sp³-hybridized carbons (Fsp3) is 0.636. The smallest absolute Gasteiger partial charge is 0.326 e. The maximum absolute atomic E-state index is 11.9. The molecule has 1 heterocycles. The maximum atomic E-state index is 11.9. The van der Waals surface area contributed by atoms with Crippen LogP contribution in [0.25, 0.3) is 0 Å². The van der Waals surface area contributed by atoms with Gasteiger partial charge in [-0.05, 0) is 19.3 Å². The van der Waals surface area contributed by atoms with Gasteiger partial charge in [0.25, 0.3) is 0 Å². The quantitative estimate of drug-likeness (QED) is 0.490. The summed E-state index contributed by atoms with van der Waals surface area (Å²) in [5, 5.41) is 19.7. The van der Waals surface area contributed by atoms with Crippen molar-refractivity contribution in [2.75, 3.05) is 6.54 Å². The Bertz CT molecular complexity index is 424. The fourth-order valence-corrected chi connectivity index (χ4v) is 2.06. The van der Waals surface area contributed by atoms with Crippen molar-refractivity contribution in [3.05, 3.63) is 0 Å².